The fourth-order valence-electron chi connectivity index (χ4n) is 2.55. The van der Waals surface area contributed by atoms with Crippen LogP contribution in [-0.4, -0.2) is 24.4 Å². The van der Waals surface area contributed by atoms with Gasteiger partial charge in [-0.2, -0.15) is 0 Å². The van der Waals surface area contributed by atoms with Gasteiger partial charge in [0.2, 0.25) is 0 Å². The van der Waals surface area contributed by atoms with E-state index in [-0.39, 0.29) is 0 Å². The first kappa shape index (κ1) is 15.0. The van der Waals surface area contributed by atoms with Crippen molar-refractivity contribution >= 4 is 0 Å². The van der Waals surface area contributed by atoms with Crippen LogP contribution in [0.3, 0.4) is 0 Å². The minimum Gasteiger partial charge on any atom is -0.396 e. The van der Waals surface area contributed by atoms with E-state index in [4.69, 9.17) is 9.84 Å². The molecule has 17 heavy (non-hydrogen) atoms. The Kier molecular flexibility index (Phi) is 8.72. The molecule has 0 aromatic heterocycles. The van der Waals surface area contributed by atoms with E-state index >= 15 is 0 Å². The molecule has 1 rings (SSSR count). The fourth-order valence-corrected chi connectivity index (χ4v) is 2.55. The maximum absolute atomic E-state index is 8.80. The Morgan fingerprint density at radius 1 is 1.00 bits per heavy atom. The van der Waals surface area contributed by atoms with Crippen LogP contribution in [0.2, 0.25) is 0 Å². The molecule has 0 aromatic rings. The fraction of sp³-hybridized carbons (Fsp3) is 1.00. The molecule has 0 radical (unpaired) electrons. The first-order valence-electron chi connectivity index (χ1n) is 7.61. The number of ether oxygens (including phenoxy) is 1. The predicted molar refractivity (Wildman–Crippen MR) is 72.2 cm³/mol. The van der Waals surface area contributed by atoms with Crippen LogP contribution in [0.5, 0.6) is 0 Å². The zero-order chi connectivity index (χ0) is 12.3. The Bertz CT molecular complexity index is 166. The van der Waals surface area contributed by atoms with Gasteiger partial charge in [-0.15, -0.1) is 0 Å². The Morgan fingerprint density at radius 2 is 1.59 bits per heavy atom. The summed E-state index contributed by atoms with van der Waals surface area (Å²) >= 11 is 0. The van der Waals surface area contributed by atoms with Crippen molar-refractivity contribution in [1.82, 2.24) is 0 Å². The summed E-state index contributed by atoms with van der Waals surface area (Å²) in [5.41, 5.74) is 0. The molecule has 1 N–H and O–H groups in total. The Labute approximate surface area is 107 Å². The molecule has 1 fully saturated rings. The first-order chi connectivity index (χ1) is 8.38. The lowest BCUT2D eigenvalue weighted by atomic mass is 9.92. The van der Waals surface area contributed by atoms with Gasteiger partial charge in [-0.3, -0.25) is 0 Å². The number of hydrogen-bond donors (Lipinski definition) is 1. The molecule has 1 saturated heterocycles. The number of hydrogen-bond acceptors (Lipinski definition) is 2. The smallest absolute Gasteiger partial charge is 0.0838 e. The number of aliphatic hydroxyl groups is 1. The largest absolute Gasteiger partial charge is 0.396 e. The van der Waals surface area contributed by atoms with E-state index < -0.39 is 0 Å². The highest BCUT2D eigenvalue weighted by atomic mass is 16.6. The van der Waals surface area contributed by atoms with Crippen molar-refractivity contribution in [3.63, 3.8) is 0 Å². The van der Waals surface area contributed by atoms with Gasteiger partial charge in [0.25, 0.3) is 0 Å². The van der Waals surface area contributed by atoms with Crippen LogP contribution in [0.4, 0.5) is 0 Å². The average molecular weight is 242 g/mol. The zero-order valence-corrected chi connectivity index (χ0v) is 11.5. The van der Waals surface area contributed by atoms with Crippen molar-refractivity contribution in [2.45, 2.75) is 77.2 Å². The number of rotatable bonds is 12. The summed E-state index contributed by atoms with van der Waals surface area (Å²) in [4.78, 5) is 0. The molecule has 2 heteroatoms. The van der Waals surface area contributed by atoms with Crippen molar-refractivity contribution in [3.8, 4) is 0 Å². The third-order valence-corrected chi connectivity index (χ3v) is 3.80. The van der Waals surface area contributed by atoms with E-state index in [0.717, 1.165) is 25.4 Å². The second-order valence-electron chi connectivity index (χ2n) is 5.41. The summed E-state index contributed by atoms with van der Waals surface area (Å²) in [5, 5.41) is 8.80. The van der Waals surface area contributed by atoms with Crippen molar-refractivity contribution in [2.24, 2.45) is 5.92 Å². The van der Waals surface area contributed by atoms with Crippen molar-refractivity contribution < 1.29 is 9.84 Å². The Morgan fingerprint density at radius 3 is 2.18 bits per heavy atom. The van der Waals surface area contributed by atoms with Gasteiger partial charge in [-0.1, -0.05) is 51.9 Å². The van der Waals surface area contributed by atoms with Crippen LogP contribution in [0.1, 0.15) is 71.1 Å². The molecule has 1 aliphatic rings. The maximum Gasteiger partial charge on any atom is 0.0838 e. The molecule has 0 aromatic carbocycles. The molecular weight excluding hydrogens is 212 g/mol. The maximum atomic E-state index is 8.80. The molecule has 102 valence electrons. The van der Waals surface area contributed by atoms with Crippen molar-refractivity contribution in [1.29, 1.82) is 0 Å². The average Bonchev–Trinajstić information content (AvgIpc) is 3.15. The van der Waals surface area contributed by atoms with Gasteiger partial charge in [-0.25, -0.2) is 0 Å². The lowest BCUT2D eigenvalue weighted by Gasteiger charge is -2.13. The van der Waals surface area contributed by atoms with E-state index in [0.29, 0.717) is 12.7 Å². The highest BCUT2D eigenvalue weighted by Crippen LogP contribution is 2.29. The zero-order valence-electron chi connectivity index (χ0n) is 11.5. The summed E-state index contributed by atoms with van der Waals surface area (Å²) < 4.78 is 5.43. The summed E-state index contributed by atoms with van der Waals surface area (Å²) in [5.74, 6) is 0.771. The molecule has 2 nitrogen and oxygen atoms in total. The highest BCUT2D eigenvalue weighted by Gasteiger charge is 2.31. The molecule has 1 heterocycles. The molecule has 0 aliphatic carbocycles. The topological polar surface area (TPSA) is 32.8 Å². The molecule has 1 aliphatic heterocycles. The van der Waals surface area contributed by atoms with Crippen LogP contribution in [0.15, 0.2) is 0 Å². The van der Waals surface area contributed by atoms with Gasteiger partial charge >= 0.3 is 0 Å². The Balaban J connectivity index is 1.96. The quantitative estimate of drug-likeness (QED) is 0.415. The van der Waals surface area contributed by atoms with E-state index in [1.807, 2.05) is 0 Å². The second-order valence-corrected chi connectivity index (χ2v) is 5.41. The third kappa shape index (κ3) is 7.77. The summed E-state index contributed by atoms with van der Waals surface area (Å²) in [6.45, 7) is 3.59. The summed E-state index contributed by atoms with van der Waals surface area (Å²) in [6, 6.07) is 0. The van der Waals surface area contributed by atoms with E-state index in [9.17, 15) is 0 Å². The Hall–Kier alpha value is -0.0800. The number of aliphatic hydroxyl groups excluding tert-OH is 1. The van der Waals surface area contributed by atoms with Gasteiger partial charge in [0.05, 0.1) is 12.7 Å². The lowest BCUT2D eigenvalue weighted by Crippen LogP contribution is -2.08. The minimum absolute atomic E-state index is 0.343. The van der Waals surface area contributed by atoms with Gasteiger partial charge in [-0.05, 0) is 25.2 Å². The van der Waals surface area contributed by atoms with E-state index in [2.05, 4.69) is 6.92 Å². The normalized spacial score (nSPS) is 20.5. The highest BCUT2D eigenvalue weighted by molar-refractivity contribution is 4.79. The second kappa shape index (κ2) is 9.90. The minimum atomic E-state index is 0.343. The molecule has 0 amide bonds. The first-order valence-corrected chi connectivity index (χ1v) is 7.61. The van der Waals surface area contributed by atoms with Crippen LogP contribution in [-0.2, 0) is 4.74 Å². The summed E-state index contributed by atoms with van der Waals surface area (Å²) in [7, 11) is 0. The standard InChI is InChI=1S/C15H30O2/c1-2-3-4-5-6-7-10-14(15-13-17-15)11-8-9-12-16/h14-16H,2-13H2,1H3. The SMILES string of the molecule is CCCCCCCCC(CCCCO)C1CO1. The third-order valence-electron chi connectivity index (χ3n) is 3.80. The van der Waals surface area contributed by atoms with Gasteiger partial charge < -0.3 is 9.84 Å². The lowest BCUT2D eigenvalue weighted by molar-refractivity contribution is 0.258. The van der Waals surface area contributed by atoms with Crippen LogP contribution in [0.25, 0.3) is 0 Å². The molecule has 0 saturated carbocycles. The molecular formula is C15H30O2. The summed E-state index contributed by atoms with van der Waals surface area (Å²) in [6.07, 6.45) is 13.6. The van der Waals surface area contributed by atoms with Gasteiger partial charge in [0.15, 0.2) is 0 Å². The number of epoxide rings is 1. The molecule has 0 spiro atoms. The molecule has 2 unspecified atom stereocenters. The van der Waals surface area contributed by atoms with Crippen LogP contribution < -0.4 is 0 Å². The number of unbranched alkanes of at least 4 members (excludes halogenated alkanes) is 6. The van der Waals surface area contributed by atoms with Gasteiger partial charge in [0.1, 0.15) is 0 Å². The van der Waals surface area contributed by atoms with Crippen LogP contribution >= 0.6 is 0 Å². The monoisotopic (exact) mass is 242 g/mol. The molecule has 2 atom stereocenters. The molecule has 0 bridgehead atoms. The van der Waals surface area contributed by atoms with Crippen molar-refractivity contribution in [2.75, 3.05) is 13.2 Å². The van der Waals surface area contributed by atoms with Crippen molar-refractivity contribution in [3.05, 3.63) is 0 Å². The van der Waals surface area contributed by atoms with Crippen LogP contribution in [0, 0.1) is 5.92 Å². The van der Waals surface area contributed by atoms with Gasteiger partial charge in [0, 0.05) is 6.61 Å². The van der Waals surface area contributed by atoms with E-state index in [1.165, 1.54) is 51.4 Å². The van der Waals surface area contributed by atoms with E-state index in [1.54, 1.807) is 0 Å². The predicted octanol–water partition coefficient (Wildman–Crippen LogP) is 3.91.